The molecule has 16 heavy (non-hydrogen) atoms. The van der Waals surface area contributed by atoms with Crippen molar-refractivity contribution in [1.29, 1.82) is 0 Å². The summed E-state index contributed by atoms with van der Waals surface area (Å²) >= 11 is 3.10. The highest BCUT2D eigenvalue weighted by atomic mass is 32.2. The third-order valence-corrected chi connectivity index (χ3v) is 4.12. The van der Waals surface area contributed by atoms with Crippen LogP contribution in [-0.4, -0.2) is 21.8 Å². The van der Waals surface area contributed by atoms with Gasteiger partial charge in [0.25, 0.3) is 5.56 Å². The molecule has 1 atom stereocenters. The van der Waals surface area contributed by atoms with Crippen LogP contribution in [0.2, 0.25) is 0 Å². The number of nitrogens with two attached hydrogens (primary N) is 1. The molecule has 1 unspecified atom stereocenters. The normalized spacial score (nSPS) is 13.1. The van der Waals surface area contributed by atoms with Crippen LogP contribution in [0, 0.1) is 0 Å². The minimum atomic E-state index is -0.0450. The predicted octanol–water partition coefficient (Wildman–Crippen LogP) is 1.57. The average molecular weight is 255 g/mol. The highest BCUT2D eigenvalue weighted by molar-refractivity contribution is 7.98. The summed E-state index contributed by atoms with van der Waals surface area (Å²) in [4.78, 5) is 18.8. The van der Waals surface area contributed by atoms with Crippen LogP contribution in [-0.2, 0) is 5.75 Å². The van der Waals surface area contributed by atoms with E-state index in [1.165, 1.54) is 11.3 Å². The summed E-state index contributed by atoms with van der Waals surface area (Å²) in [5.41, 5.74) is 6.39. The minimum absolute atomic E-state index is 0.0450. The van der Waals surface area contributed by atoms with Gasteiger partial charge in [-0.2, -0.15) is 11.8 Å². The number of thioether (sulfide) groups is 1. The topological polar surface area (TPSA) is 71.8 Å². The number of hydrogen-bond acceptors (Lipinski definition) is 5. The van der Waals surface area contributed by atoms with Gasteiger partial charge in [0, 0.05) is 11.8 Å². The van der Waals surface area contributed by atoms with Crippen molar-refractivity contribution in [3.8, 4) is 0 Å². The lowest BCUT2D eigenvalue weighted by Gasteiger charge is -2.04. The minimum Gasteiger partial charge on any atom is -0.327 e. The fraction of sp³-hybridized carbons (Fsp3) is 0.400. The summed E-state index contributed by atoms with van der Waals surface area (Å²) in [5, 5.41) is 1.88. The molecule has 2 rings (SSSR count). The Balaban J connectivity index is 2.16. The van der Waals surface area contributed by atoms with Gasteiger partial charge in [0.2, 0.25) is 0 Å². The summed E-state index contributed by atoms with van der Waals surface area (Å²) in [6, 6.07) is 2.04. The van der Waals surface area contributed by atoms with E-state index in [0.29, 0.717) is 10.5 Å². The number of hydrogen-bond donors (Lipinski definition) is 2. The van der Waals surface area contributed by atoms with Crippen LogP contribution in [0.4, 0.5) is 0 Å². The van der Waals surface area contributed by atoms with Gasteiger partial charge in [-0.15, -0.1) is 11.3 Å². The van der Waals surface area contributed by atoms with Gasteiger partial charge < -0.3 is 10.7 Å². The van der Waals surface area contributed by atoms with E-state index < -0.39 is 0 Å². The second kappa shape index (κ2) is 4.99. The van der Waals surface area contributed by atoms with Crippen molar-refractivity contribution in [2.45, 2.75) is 18.7 Å². The molecular formula is C10H13N3OS2. The maximum absolute atomic E-state index is 11.6. The Morgan fingerprint density at radius 1 is 1.69 bits per heavy atom. The molecule has 86 valence electrons. The van der Waals surface area contributed by atoms with Crippen molar-refractivity contribution in [1.82, 2.24) is 9.97 Å². The monoisotopic (exact) mass is 255 g/mol. The van der Waals surface area contributed by atoms with Gasteiger partial charge >= 0.3 is 0 Å². The third-order valence-electron chi connectivity index (χ3n) is 1.98. The van der Waals surface area contributed by atoms with Gasteiger partial charge in [0.15, 0.2) is 0 Å². The van der Waals surface area contributed by atoms with Crippen LogP contribution in [0.15, 0.2) is 16.2 Å². The zero-order valence-corrected chi connectivity index (χ0v) is 10.5. The zero-order chi connectivity index (χ0) is 11.5. The molecule has 0 aliphatic heterocycles. The maximum atomic E-state index is 11.6. The van der Waals surface area contributed by atoms with Gasteiger partial charge in [0.05, 0.1) is 11.3 Å². The van der Waals surface area contributed by atoms with Crippen LogP contribution in [0.25, 0.3) is 10.2 Å². The molecule has 3 N–H and O–H groups in total. The van der Waals surface area contributed by atoms with Gasteiger partial charge in [-0.25, -0.2) is 4.98 Å². The molecular weight excluding hydrogens is 242 g/mol. The Bertz CT molecular complexity index is 532. The summed E-state index contributed by atoms with van der Waals surface area (Å²) in [6.07, 6.45) is 0. The van der Waals surface area contributed by atoms with Crippen LogP contribution in [0.5, 0.6) is 0 Å². The Morgan fingerprint density at radius 3 is 3.25 bits per heavy atom. The second-order valence-electron chi connectivity index (χ2n) is 3.64. The highest BCUT2D eigenvalue weighted by Crippen LogP contribution is 2.15. The summed E-state index contributed by atoms with van der Waals surface area (Å²) in [7, 11) is 0. The van der Waals surface area contributed by atoms with Crippen LogP contribution in [0.1, 0.15) is 12.7 Å². The molecule has 0 amide bonds. The molecule has 6 heteroatoms. The summed E-state index contributed by atoms with van der Waals surface area (Å²) in [5.74, 6) is 2.29. The predicted molar refractivity (Wildman–Crippen MR) is 70.1 cm³/mol. The van der Waals surface area contributed by atoms with Crippen molar-refractivity contribution in [2.75, 3.05) is 5.75 Å². The van der Waals surface area contributed by atoms with E-state index >= 15 is 0 Å². The second-order valence-corrected chi connectivity index (χ2v) is 5.59. The largest absolute Gasteiger partial charge is 0.327 e. The standard InChI is InChI=1S/C10H13N3OS2/c1-6(11)4-15-5-8-12-7-2-3-16-9(7)10(14)13-8/h2-3,6H,4-5,11H2,1H3,(H,12,13,14). The molecule has 0 fully saturated rings. The Hall–Kier alpha value is -0.850. The van der Waals surface area contributed by atoms with Gasteiger partial charge in [0.1, 0.15) is 10.5 Å². The van der Waals surface area contributed by atoms with Crippen LogP contribution < -0.4 is 11.3 Å². The SMILES string of the molecule is CC(N)CSCc1nc2ccsc2c(=O)[nH]1. The number of nitrogens with one attached hydrogen (secondary N) is 1. The average Bonchev–Trinajstić information content (AvgIpc) is 2.65. The van der Waals surface area contributed by atoms with E-state index in [9.17, 15) is 4.79 Å². The Kier molecular flexibility index (Phi) is 3.63. The molecule has 0 saturated carbocycles. The van der Waals surface area contributed by atoms with Crippen molar-refractivity contribution < 1.29 is 0 Å². The number of fused-ring (bicyclic) bond motifs is 1. The molecule has 0 spiro atoms. The van der Waals surface area contributed by atoms with E-state index in [-0.39, 0.29) is 11.6 Å². The molecule has 0 aromatic carbocycles. The smallest absolute Gasteiger partial charge is 0.268 e. The molecule has 4 nitrogen and oxygen atoms in total. The molecule has 0 radical (unpaired) electrons. The van der Waals surface area contributed by atoms with Crippen molar-refractivity contribution in [3.63, 3.8) is 0 Å². The third kappa shape index (κ3) is 2.63. The fourth-order valence-corrected chi connectivity index (χ4v) is 2.88. The van der Waals surface area contributed by atoms with Crippen molar-refractivity contribution >= 4 is 33.3 Å². The first kappa shape index (κ1) is 11.6. The first-order chi connectivity index (χ1) is 7.66. The van der Waals surface area contributed by atoms with Crippen LogP contribution in [0.3, 0.4) is 0 Å². The van der Waals surface area contributed by atoms with Crippen LogP contribution >= 0.6 is 23.1 Å². The van der Waals surface area contributed by atoms with Crippen molar-refractivity contribution in [2.24, 2.45) is 5.73 Å². The van der Waals surface area contributed by atoms with Crippen molar-refractivity contribution in [3.05, 3.63) is 27.6 Å². The van der Waals surface area contributed by atoms with E-state index in [1.807, 2.05) is 18.4 Å². The molecule has 2 heterocycles. The van der Waals surface area contributed by atoms with Gasteiger partial charge in [-0.3, -0.25) is 4.79 Å². The van der Waals surface area contributed by atoms with E-state index in [2.05, 4.69) is 9.97 Å². The number of aromatic nitrogens is 2. The lowest BCUT2D eigenvalue weighted by Crippen LogP contribution is -2.18. The summed E-state index contributed by atoms with van der Waals surface area (Å²) in [6.45, 7) is 1.96. The number of aromatic amines is 1. The number of nitrogens with zero attached hydrogens (tertiary/aromatic N) is 1. The molecule has 2 aromatic rings. The molecule has 0 aliphatic carbocycles. The number of H-pyrrole nitrogens is 1. The zero-order valence-electron chi connectivity index (χ0n) is 8.90. The quantitative estimate of drug-likeness (QED) is 0.870. The molecule has 2 aromatic heterocycles. The van der Waals surface area contributed by atoms with E-state index in [0.717, 1.165) is 17.1 Å². The number of thiophene rings is 1. The molecule has 0 bridgehead atoms. The lowest BCUT2D eigenvalue weighted by molar-refractivity contribution is 0.846. The first-order valence-electron chi connectivity index (χ1n) is 4.96. The van der Waals surface area contributed by atoms with E-state index in [4.69, 9.17) is 5.73 Å². The maximum Gasteiger partial charge on any atom is 0.268 e. The van der Waals surface area contributed by atoms with Gasteiger partial charge in [-0.05, 0) is 18.4 Å². The van der Waals surface area contributed by atoms with E-state index in [1.54, 1.807) is 11.8 Å². The Morgan fingerprint density at radius 2 is 2.50 bits per heavy atom. The lowest BCUT2D eigenvalue weighted by atomic mass is 10.4. The fourth-order valence-electron chi connectivity index (χ4n) is 1.33. The Labute approximate surface area is 101 Å². The summed E-state index contributed by atoms with van der Waals surface area (Å²) < 4.78 is 0.695. The van der Waals surface area contributed by atoms with Gasteiger partial charge in [-0.1, -0.05) is 0 Å². The highest BCUT2D eigenvalue weighted by Gasteiger charge is 2.05. The molecule has 0 aliphatic rings. The number of rotatable bonds is 4. The first-order valence-corrected chi connectivity index (χ1v) is 7.00. The molecule has 0 saturated heterocycles.